The highest BCUT2D eigenvalue weighted by Gasteiger charge is 2.26. The summed E-state index contributed by atoms with van der Waals surface area (Å²) >= 11 is 0. The molecule has 0 radical (unpaired) electrons. The van der Waals surface area contributed by atoms with Crippen molar-refractivity contribution >= 4 is 22.5 Å². The summed E-state index contributed by atoms with van der Waals surface area (Å²) in [6.07, 6.45) is 1.01. The van der Waals surface area contributed by atoms with Gasteiger partial charge in [-0.05, 0) is 57.0 Å². The molecule has 1 aromatic carbocycles. The van der Waals surface area contributed by atoms with Crippen LogP contribution in [0, 0.1) is 20.8 Å². The molecule has 0 aliphatic carbocycles. The van der Waals surface area contributed by atoms with Crippen molar-refractivity contribution in [3.8, 4) is 0 Å². The summed E-state index contributed by atoms with van der Waals surface area (Å²) in [7, 11) is 0. The number of ether oxygens (including phenoxy) is 1. The summed E-state index contributed by atoms with van der Waals surface area (Å²) in [6.45, 7) is 9.54. The SMILES string of the molecule is Cc1ccc(C(CNC(=O)CCc2c(C)nc3c4ccccc4nn3c2C)N2CCOCC2)o1. The number of hydrogen-bond donors (Lipinski definition) is 1. The lowest BCUT2D eigenvalue weighted by molar-refractivity contribution is -0.121. The van der Waals surface area contributed by atoms with Gasteiger partial charge in [0.15, 0.2) is 5.65 Å². The highest BCUT2D eigenvalue weighted by molar-refractivity contribution is 5.92. The number of benzene rings is 1. The Balaban J connectivity index is 1.27. The second kappa shape index (κ2) is 9.56. The highest BCUT2D eigenvalue weighted by atomic mass is 16.5. The van der Waals surface area contributed by atoms with Gasteiger partial charge in [-0.1, -0.05) is 12.1 Å². The van der Waals surface area contributed by atoms with E-state index in [4.69, 9.17) is 19.2 Å². The first-order valence-corrected chi connectivity index (χ1v) is 11.9. The Morgan fingerprint density at radius 1 is 1.12 bits per heavy atom. The number of morpholine rings is 1. The van der Waals surface area contributed by atoms with Crippen LogP contribution in [0.1, 0.15) is 40.9 Å². The maximum absolute atomic E-state index is 12.8. The number of carbonyl (C=O) groups excluding carboxylic acids is 1. The number of nitrogens with zero attached hydrogens (tertiary/aromatic N) is 4. The van der Waals surface area contributed by atoms with E-state index in [-0.39, 0.29) is 11.9 Å². The van der Waals surface area contributed by atoms with E-state index in [0.29, 0.717) is 32.6 Å². The van der Waals surface area contributed by atoms with Gasteiger partial charge in [0.05, 0.1) is 24.8 Å². The van der Waals surface area contributed by atoms with Gasteiger partial charge in [0.2, 0.25) is 5.91 Å². The van der Waals surface area contributed by atoms with Gasteiger partial charge in [-0.3, -0.25) is 9.69 Å². The summed E-state index contributed by atoms with van der Waals surface area (Å²) in [4.78, 5) is 20.0. The number of furan rings is 1. The fourth-order valence-electron chi connectivity index (χ4n) is 4.81. The lowest BCUT2D eigenvalue weighted by Gasteiger charge is -2.33. The van der Waals surface area contributed by atoms with Crippen molar-refractivity contribution in [1.29, 1.82) is 0 Å². The molecular weight excluding hydrogens is 430 g/mol. The van der Waals surface area contributed by atoms with E-state index in [9.17, 15) is 4.79 Å². The number of carbonyl (C=O) groups is 1. The largest absolute Gasteiger partial charge is 0.465 e. The van der Waals surface area contributed by atoms with Gasteiger partial charge in [-0.25, -0.2) is 9.50 Å². The first kappa shape index (κ1) is 22.6. The van der Waals surface area contributed by atoms with E-state index in [1.165, 1.54) is 0 Å². The molecule has 8 heteroatoms. The predicted molar refractivity (Wildman–Crippen MR) is 130 cm³/mol. The van der Waals surface area contributed by atoms with E-state index < -0.39 is 0 Å². The van der Waals surface area contributed by atoms with Gasteiger partial charge in [0.1, 0.15) is 11.5 Å². The minimum Gasteiger partial charge on any atom is -0.465 e. The Bertz CT molecular complexity index is 1320. The summed E-state index contributed by atoms with van der Waals surface area (Å²) in [5.41, 5.74) is 4.84. The van der Waals surface area contributed by atoms with Crippen LogP contribution in [0.25, 0.3) is 16.6 Å². The van der Waals surface area contributed by atoms with E-state index in [1.807, 2.05) is 54.8 Å². The van der Waals surface area contributed by atoms with E-state index in [0.717, 1.165) is 58.1 Å². The zero-order valence-corrected chi connectivity index (χ0v) is 20.0. The average Bonchev–Trinajstić information content (AvgIpc) is 3.43. The number of aromatic nitrogens is 3. The van der Waals surface area contributed by atoms with Crippen molar-refractivity contribution in [3.63, 3.8) is 0 Å². The van der Waals surface area contributed by atoms with Crippen molar-refractivity contribution < 1.29 is 13.9 Å². The van der Waals surface area contributed by atoms with Crippen LogP contribution in [0.5, 0.6) is 0 Å². The van der Waals surface area contributed by atoms with Crippen LogP contribution < -0.4 is 5.32 Å². The number of aryl methyl sites for hydroxylation is 3. The minimum absolute atomic E-state index is 0.000423. The summed E-state index contributed by atoms with van der Waals surface area (Å²) in [5, 5.41) is 8.89. The molecule has 1 amide bonds. The van der Waals surface area contributed by atoms with Gasteiger partial charge in [0.25, 0.3) is 0 Å². The molecule has 1 unspecified atom stereocenters. The lowest BCUT2D eigenvalue weighted by Crippen LogP contribution is -2.43. The van der Waals surface area contributed by atoms with Crippen LogP contribution in [0.15, 0.2) is 40.8 Å². The maximum atomic E-state index is 12.8. The second-order valence-corrected chi connectivity index (χ2v) is 8.93. The summed E-state index contributed by atoms with van der Waals surface area (Å²) in [6, 6.07) is 12.0. The zero-order valence-electron chi connectivity index (χ0n) is 20.0. The molecule has 1 fully saturated rings. The molecule has 4 heterocycles. The number of hydrogen-bond acceptors (Lipinski definition) is 6. The zero-order chi connectivity index (χ0) is 23.7. The monoisotopic (exact) mass is 461 g/mol. The molecule has 178 valence electrons. The van der Waals surface area contributed by atoms with Crippen molar-refractivity contribution in [3.05, 3.63) is 64.9 Å². The van der Waals surface area contributed by atoms with E-state index >= 15 is 0 Å². The Hall–Kier alpha value is -3.23. The van der Waals surface area contributed by atoms with Crippen molar-refractivity contribution in [2.75, 3.05) is 32.8 Å². The van der Waals surface area contributed by atoms with E-state index in [1.54, 1.807) is 0 Å². The number of rotatable bonds is 7. The molecule has 1 aliphatic rings. The molecule has 0 bridgehead atoms. The fourth-order valence-corrected chi connectivity index (χ4v) is 4.81. The van der Waals surface area contributed by atoms with Gasteiger partial charge < -0.3 is 14.5 Å². The van der Waals surface area contributed by atoms with Crippen LogP contribution in [-0.2, 0) is 16.0 Å². The predicted octanol–water partition coefficient (Wildman–Crippen LogP) is 3.52. The standard InChI is InChI=1S/C26H31N5O3/c1-17-8-10-24(34-17)23(30-12-14-33-15-13-30)16-27-25(32)11-9-20-18(2)28-26-21-6-4-5-7-22(21)29-31(26)19(20)3/h4-8,10,23H,9,11-16H2,1-3H3,(H,27,32). The van der Waals surface area contributed by atoms with Crippen LogP contribution >= 0.6 is 0 Å². The normalized spacial score (nSPS) is 15.7. The summed E-state index contributed by atoms with van der Waals surface area (Å²) in [5.74, 6) is 1.78. The first-order chi connectivity index (χ1) is 16.5. The van der Waals surface area contributed by atoms with Gasteiger partial charge >= 0.3 is 0 Å². The first-order valence-electron chi connectivity index (χ1n) is 11.9. The quantitative estimate of drug-likeness (QED) is 0.453. The topological polar surface area (TPSA) is 84.9 Å². The van der Waals surface area contributed by atoms with Crippen LogP contribution in [0.4, 0.5) is 0 Å². The van der Waals surface area contributed by atoms with Gasteiger partial charge in [-0.2, -0.15) is 5.10 Å². The molecule has 34 heavy (non-hydrogen) atoms. The van der Waals surface area contributed by atoms with Gasteiger partial charge in [0, 0.05) is 42.8 Å². The third kappa shape index (κ3) is 4.43. The molecule has 1 aliphatic heterocycles. The van der Waals surface area contributed by atoms with Crippen molar-refractivity contribution in [2.45, 2.75) is 39.7 Å². The Morgan fingerprint density at radius 2 is 1.91 bits per heavy atom. The van der Waals surface area contributed by atoms with Crippen molar-refractivity contribution in [1.82, 2.24) is 24.8 Å². The lowest BCUT2D eigenvalue weighted by atomic mass is 10.1. The van der Waals surface area contributed by atoms with Crippen molar-refractivity contribution in [2.24, 2.45) is 0 Å². The molecule has 5 rings (SSSR count). The highest BCUT2D eigenvalue weighted by Crippen LogP contribution is 2.24. The maximum Gasteiger partial charge on any atom is 0.220 e. The number of fused-ring (bicyclic) bond motifs is 3. The summed E-state index contributed by atoms with van der Waals surface area (Å²) < 4.78 is 13.3. The molecule has 4 aromatic rings. The van der Waals surface area contributed by atoms with E-state index in [2.05, 4.69) is 17.1 Å². The molecule has 0 saturated carbocycles. The Labute approximate surface area is 198 Å². The molecule has 8 nitrogen and oxygen atoms in total. The molecule has 1 saturated heterocycles. The van der Waals surface area contributed by atoms with Crippen LogP contribution in [0.3, 0.4) is 0 Å². The third-order valence-electron chi connectivity index (χ3n) is 6.69. The molecule has 1 atom stereocenters. The third-order valence-corrected chi connectivity index (χ3v) is 6.69. The molecule has 1 N–H and O–H groups in total. The van der Waals surface area contributed by atoms with Gasteiger partial charge in [-0.15, -0.1) is 0 Å². The molecular formula is C26H31N5O3. The Morgan fingerprint density at radius 3 is 2.68 bits per heavy atom. The number of amides is 1. The van der Waals surface area contributed by atoms with Crippen LogP contribution in [0.2, 0.25) is 0 Å². The Kier molecular flexibility index (Phi) is 6.34. The average molecular weight is 462 g/mol. The second-order valence-electron chi connectivity index (χ2n) is 8.93. The smallest absolute Gasteiger partial charge is 0.220 e. The molecule has 0 spiro atoms. The van der Waals surface area contributed by atoms with Crippen LogP contribution in [-0.4, -0.2) is 58.3 Å². The fraction of sp³-hybridized carbons (Fsp3) is 0.423. The number of nitrogens with one attached hydrogen (secondary N) is 1. The molecule has 3 aromatic heterocycles. The minimum atomic E-state index is -0.000423.